The van der Waals surface area contributed by atoms with Gasteiger partial charge in [-0.3, -0.25) is 9.80 Å². The molecular weight excluding hydrogens is 396 g/mol. The molecule has 0 saturated heterocycles. The first kappa shape index (κ1) is 21.3. The van der Waals surface area contributed by atoms with E-state index in [1.807, 2.05) is 0 Å². The largest absolute Gasteiger partial charge is 0.496 e. The van der Waals surface area contributed by atoms with Crippen LogP contribution < -0.4 is 9.47 Å². The fraction of sp³-hybridized carbons (Fsp3) is 0.429. The molecule has 168 valence electrons. The average molecular weight is 431 g/mol. The molecule has 4 heteroatoms. The first-order valence-electron chi connectivity index (χ1n) is 11.8. The van der Waals surface area contributed by atoms with E-state index >= 15 is 0 Å². The Morgan fingerprint density at radius 2 is 1.94 bits per heavy atom. The maximum Gasteiger partial charge on any atom is 0.126 e. The van der Waals surface area contributed by atoms with Gasteiger partial charge in [0.25, 0.3) is 0 Å². The Morgan fingerprint density at radius 3 is 2.66 bits per heavy atom. The van der Waals surface area contributed by atoms with Crippen LogP contribution in [0.3, 0.4) is 0 Å². The summed E-state index contributed by atoms with van der Waals surface area (Å²) in [7, 11) is 4.02. The average Bonchev–Trinajstić information content (AvgIpc) is 2.80. The molecule has 2 aliphatic heterocycles. The summed E-state index contributed by atoms with van der Waals surface area (Å²) in [5.41, 5.74) is 6.87. The van der Waals surface area contributed by atoms with Crippen molar-refractivity contribution in [1.82, 2.24) is 9.80 Å². The van der Waals surface area contributed by atoms with Crippen LogP contribution in [-0.2, 0) is 19.6 Å². The number of hydrogen-bond donors (Lipinski definition) is 0. The first-order chi connectivity index (χ1) is 15.5. The predicted octanol–water partition coefficient (Wildman–Crippen LogP) is 5.84. The summed E-state index contributed by atoms with van der Waals surface area (Å²) in [6, 6.07) is 16.1. The monoisotopic (exact) mass is 430 g/mol. The van der Waals surface area contributed by atoms with Crippen molar-refractivity contribution >= 4 is 10.8 Å². The summed E-state index contributed by atoms with van der Waals surface area (Å²) >= 11 is 0. The highest BCUT2D eigenvalue weighted by Crippen LogP contribution is 2.36. The van der Waals surface area contributed by atoms with Crippen molar-refractivity contribution in [2.24, 2.45) is 0 Å². The van der Waals surface area contributed by atoms with Gasteiger partial charge in [0, 0.05) is 24.7 Å². The second-order valence-corrected chi connectivity index (χ2v) is 9.34. The number of nitrogens with zero attached hydrogens (tertiary/aromatic N) is 2. The minimum atomic E-state index is 0.332. The smallest absolute Gasteiger partial charge is 0.126 e. The van der Waals surface area contributed by atoms with Crippen molar-refractivity contribution in [3.05, 3.63) is 70.3 Å². The topological polar surface area (TPSA) is 24.9 Å². The lowest BCUT2D eigenvalue weighted by Crippen LogP contribution is -2.49. The van der Waals surface area contributed by atoms with Gasteiger partial charge in [-0.2, -0.15) is 0 Å². The lowest BCUT2D eigenvalue weighted by Gasteiger charge is -2.43. The van der Waals surface area contributed by atoms with Crippen LogP contribution in [0.4, 0.5) is 0 Å². The van der Waals surface area contributed by atoms with Gasteiger partial charge < -0.3 is 9.47 Å². The summed E-state index contributed by atoms with van der Waals surface area (Å²) in [6.45, 7) is 9.66. The molecule has 2 atom stereocenters. The van der Waals surface area contributed by atoms with Crippen LogP contribution in [0.15, 0.2) is 42.5 Å². The molecule has 2 aliphatic rings. The minimum Gasteiger partial charge on any atom is -0.496 e. The molecule has 0 N–H and O–H groups in total. The van der Waals surface area contributed by atoms with Gasteiger partial charge in [0.15, 0.2) is 0 Å². The summed E-state index contributed by atoms with van der Waals surface area (Å²) in [5, 5.41) is 2.55. The predicted molar refractivity (Wildman–Crippen MR) is 130 cm³/mol. The van der Waals surface area contributed by atoms with Gasteiger partial charge in [-0.25, -0.2) is 0 Å². The number of ether oxygens (including phenoxy) is 2. The van der Waals surface area contributed by atoms with Crippen molar-refractivity contribution in [1.29, 1.82) is 0 Å². The molecule has 0 amide bonds. The quantitative estimate of drug-likeness (QED) is 0.491. The van der Waals surface area contributed by atoms with Gasteiger partial charge in [-0.1, -0.05) is 25.1 Å². The number of aryl methyl sites for hydroxylation is 1. The standard InChI is InChI=1S/C28H34N2O2/c1-6-28(30-12-11-21-15-27-24(17-32-27)14-23(21)16-30)29(4)19(3)20-7-9-25-18(2)26(31-5)10-8-22(25)13-20/h7-10,13-15,19,28H,6,11-12,16-17H2,1-5H3. The van der Waals surface area contributed by atoms with Crippen molar-refractivity contribution in [2.75, 3.05) is 20.7 Å². The Kier molecular flexibility index (Phi) is 5.60. The maximum atomic E-state index is 5.58. The first-order valence-corrected chi connectivity index (χ1v) is 11.8. The van der Waals surface area contributed by atoms with Gasteiger partial charge >= 0.3 is 0 Å². The van der Waals surface area contributed by atoms with Crippen LogP contribution in [0.25, 0.3) is 10.8 Å². The van der Waals surface area contributed by atoms with Crippen molar-refractivity contribution < 1.29 is 9.47 Å². The number of fused-ring (bicyclic) bond motifs is 3. The fourth-order valence-corrected chi connectivity index (χ4v) is 5.50. The summed E-state index contributed by atoms with van der Waals surface area (Å²) < 4.78 is 11.1. The zero-order valence-electron chi connectivity index (χ0n) is 19.9. The molecular formula is C28H34N2O2. The molecule has 0 radical (unpaired) electrons. The van der Waals surface area contributed by atoms with Crippen LogP contribution >= 0.6 is 0 Å². The molecule has 3 aromatic carbocycles. The molecule has 0 aromatic heterocycles. The SMILES string of the molecule is CCC(N1CCc2cc3c(cc2C1)CO3)N(C)C(C)c1ccc2c(C)c(OC)ccc2c1. The van der Waals surface area contributed by atoms with Crippen LogP contribution in [0.2, 0.25) is 0 Å². The molecule has 0 spiro atoms. The van der Waals surface area contributed by atoms with E-state index in [1.165, 1.54) is 38.6 Å². The van der Waals surface area contributed by atoms with Crippen LogP contribution in [0, 0.1) is 6.92 Å². The highest BCUT2D eigenvalue weighted by atomic mass is 16.5. The lowest BCUT2D eigenvalue weighted by atomic mass is 9.94. The van der Waals surface area contributed by atoms with E-state index in [-0.39, 0.29) is 0 Å². The molecule has 0 fully saturated rings. The Balaban J connectivity index is 1.37. The van der Waals surface area contributed by atoms with Crippen molar-refractivity contribution in [3.8, 4) is 11.5 Å². The third kappa shape index (κ3) is 3.56. The van der Waals surface area contributed by atoms with Gasteiger partial charge in [0.2, 0.25) is 0 Å². The van der Waals surface area contributed by atoms with Crippen LogP contribution in [0.1, 0.15) is 54.1 Å². The Bertz CT molecular complexity index is 1160. The second kappa shape index (κ2) is 8.42. The van der Waals surface area contributed by atoms with E-state index in [2.05, 4.69) is 80.1 Å². The lowest BCUT2D eigenvalue weighted by molar-refractivity contribution is 0.0231. The van der Waals surface area contributed by atoms with Crippen LogP contribution in [0.5, 0.6) is 11.5 Å². The highest BCUT2D eigenvalue weighted by Gasteiger charge is 2.30. The molecule has 0 bridgehead atoms. The molecule has 2 heterocycles. The number of rotatable bonds is 6. The third-order valence-electron chi connectivity index (χ3n) is 7.64. The minimum absolute atomic E-state index is 0.332. The van der Waals surface area contributed by atoms with E-state index in [0.717, 1.165) is 44.0 Å². The summed E-state index contributed by atoms with van der Waals surface area (Å²) in [6.07, 6.45) is 2.62. The van der Waals surface area contributed by atoms with E-state index in [1.54, 1.807) is 7.11 Å². The Hall–Kier alpha value is -2.56. The van der Waals surface area contributed by atoms with E-state index in [0.29, 0.717) is 12.2 Å². The zero-order chi connectivity index (χ0) is 22.4. The molecule has 3 aromatic rings. The molecule has 0 saturated carbocycles. The Morgan fingerprint density at radius 1 is 1.09 bits per heavy atom. The highest BCUT2D eigenvalue weighted by molar-refractivity contribution is 5.88. The van der Waals surface area contributed by atoms with Gasteiger partial charge in [-0.05, 0) is 91.0 Å². The maximum absolute atomic E-state index is 5.58. The fourth-order valence-electron chi connectivity index (χ4n) is 5.50. The van der Waals surface area contributed by atoms with E-state index in [4.69, 9.17) is 9.47 Å². The number of benzene rings is 3. The van der Waals surface area contributed by atoms with Crippen molar-refractivity contribution in [2.45, 2.75) is 59.0 Å². The van der Waals surface area contributed by atoms with Crippen molar-refractivity contribution in [3.63, 3.8) is 0 Å². The number of methoxy groups -OCH3 is 1. The van der Waals surface area contributed by atoms with Gasteiger partial charge in [0.1, 0.15) is 18.1 Å². The van der Waals surface area contributed by atoms with Crippen LogP contribution in [-0.4, -0.2) is 36.7 Å². The molecule has 2 unspecified atom stereocenters. The third-order valence-corrected chi connectivity index (χ3v) is 7.64. The van der Waals surface area contributed by atoms with Gasteiger partial charge in [-0.15, -0.1) is 0 Å². The Labute approximate surface area is 191 Å². The normalized spacial score (nSPS) is 17.3. The molecule has 4 nitrogen and oxygen atoms in total. The molecule has 5 rings (SSSR count). The number of hydrogen-bond acceptors (Lipinski definition) is 4. The summed E-state index contributed by atoms with van der Waals surface area (Å²) in [5.74, 6) is 2.05. The zero-order valence-corrected chi connectivity index (χ0v) is 19.9. The van der Waals surface area contributed by atoms with E-state index in [9.17, 15) is 0 Å². The van der Waals surface area contributed by atoms with Gasteiger partial charge in [0.05, 0.1) is 13.3 Å². The molecule has 32 heavy (non-hydrogen) atoms. The summed E-state index contributed by atoms with van der Waals surface area (Å²) in [4.78, 5) is 5.20. The van der Waals surface area contributed by atoms with E-state index < -0.39 is 0 Å². The second-order valence-electron chi connectivity index (χ2n) is 9.34. The molecule has 0 aliphatic carbocycles.